The highest BCUT2D eigenvalue weighted by Gasteiger charge is 2.24. The molecule has 1 atom stereocenters. The van der Waals surface area contributed by atoms with E-state index in [0.717, 1.165) is 5.56 Å². The summed E-state index contributed by atoms with van der Waals surface area (Å²) >= 11 is 1.25. The maximum Gasteiger partial charge on any atom is 0.335 e. The van der Waals surface area contributed by atoms with Crippen LogP contribution in [0.5, 0.6) is 5.88 Å². The molecule has 0 radical (unpaired) electrons. The average molecular weight is 670 g/mol. The molecule has 0 saturated carbocycles. The van der Waals surface area contributed by atoms with E-state index in [0.29, 0.717) is 44.4 Å². The Morgan fingerprint density at radius 3 is 2.54 bits per heavy atom. The Morgan fingerprint density at radius 2 is 1.81 bits per heavy atom. The lowest BCUT2D eigenvalue weighted by Crippen LogP contribution is -2.34. The summed E-state index contributed by atoms with van der Waals surface area (Å²) in [5.41, 5.74) is 3.45. The minimum atomic E-state index is -1.12. The van der Waals surface area contributed by atoms with Crippen LogP contribution >= 0.6 is 11.3 Å². The molecular weight excluding hydrogens is 640 g/mol. The van der Waals surface area contributed by atoms with E-state index in [1.807, 2.05) is 0 Å². The number of halogens is 2. The molecule has 2 N–H and O–H groups in total. The van der Waals surface area contributed by atoms with Gasteiger partial charge in [0.15, 0.2) is 11.2 Å². The highest BCUT2D eigenvalue weighted by molar-refractivity contribution is 7.13. The van der Waals surface area contributed by atoms with Gasteiger partial charge in [0.2, 0.25) is 5.88 Å². The number of aryl methyl sites for hydroxylation is 1. The molecule has 0 aliphatic heterocycles. The Hall–Kier alpha value is -5.53. The SMILES string of the molecule is CO[C@H](Cn1c(Cc2ccc(-c3cccc(OCc4ccc(C)cc4F)n3)cc2F)nc2ccc(C(=O)O)cc21)C(=O)Nc1nccs1. The van der Waals surface area contributed by atoms with Crippen LogP contribution in [0.3, 0.4) is 0 Å². The van der Waals surface area contributed by atoms with Gasteiger partial charge in [-0.15, -0.1) is 11.3 Å². The zero-order valence-corrected chi connectivity index (χ0v) is 26.6. The molecule has 0 spiro atoms. The molecule has 0 fully saturated rings. The molecule has 13 heteroatoms. The normalized spacial score (nSPS) is 11.8. The first-order valence-corrected chi connectivity index (χ1v) is 15.7. The molecule has 0 aliphatic carbocycles. The van der Waals surface area contributed by atoms with Gasteiger partial charge in [-0.1, -0.05) is 30.3 Å². The zero-order valence-electron chi connectivity index (χ0n) is 25.8. The third-order valence-electron chi connectivity index (χ3n) is 7.67. The van der Waals surface area contributed by atoms with Crippen molar-refractivity contribution >= 4 is 39.4 Å². The van der Waals surface area contributed by atoms with Gasteiger partial charge >= 0.3 is 5.97 Å². The number of nitrogens with zero attached hydrogens (tertiary/aromatic N) is 4. The van der Waals surface area contributed by atoms with Gasteiger partial charge in [-0.3, -0.25) is 10.1 Å². The number of hydrogen-bond acceptors (Lipinski definition) is 8. The minimum Gasteiger partial charge on any atom is -0.478 e. The number of pyridine rings is 1. The van der Waals surface area contributed by atoms with Crippen LogP contribution in [0.15, 0.2) is 84.4 Å². The largest absolute Gasteiger partial charge is 0.478 e. The van der Waals surface area contributed by atoms with E-state index < -0.39 is 23.8 Å². The van der Waals surface area contributed by atoms with Crippen molar-refractivity contribution in [2.75, 3.05) is 12.4 Å². The number of methoxy groups -OCH3 is 1. The van der Waals surface area contributed by atoms with E-state index in [-0.39, 0.29) is 36.8 Å². The summed E-state index contributed by atoms with van der Waals surface area (Å²) < 4.78 is 42.8. The Kier molecular flexibility index (Phi) is 9.50. The summed E-state index contributed by atoms with van der Waals surface area (Å²) in [6.45, 7) is 1.77. The monoisotopic (exact) mass is 669 g/mol. The Morgan fingerprint density at radius 1 is 1.00 bits per heavy atom. The van der Waals surface area contributed by atoms with Crippen molar-refractivity contribution in [1.29, 1.82) is 0 Å². The summed E-state index contributed by atoms with van der Waals surface area (Å²) in [6, 6.07) is 19.2. The number of carboxylic acids is 1. The number of carbonyl (C=O) groups excluding carboxylic acids is 1. The Balaban J connectivity index is 1.26. The van der Waals surface area contributed by atoms with Crippen LogP contribution in [0.4, 0.5) is 13.9 Å². The van der Waals surface area contributed by atoms with E-state index in [1.165, 1.54) is 42.7 Å². The predicted octanol–water partition coefficient (Wildman–Crippen LogP) is 6.66. The second-order valence-corrected chi connectivity index (χ2v) is 11.8. The number of hydrogen-bond donors (Lipinski definition) is 2. The van der Waals surface area contributed by atoms with Crippen LogP contribution in [0.25, 0.3) is 22.3 Å². The van der Waals surface area contributed by atoms with E-state index in [2.05, 4.69) is 20.3 Å². The number of carbonyl (C=O) groups is 2. The molecule has 3 aromatic heterocycles. The highest BCUT2D eigenvalue weighted by atomic mass is 32.1. The topological polar surface area (TPSA) is 128 Å². The van der Waals surface area contributed by atoms with Gasteiger partial charge in [-0.05, 0) is 54.4 Å². The molecule has 0 unspecified atom stereocenters. The number of imidazole rings is 1. The van der Waals surface area contributed by atoms with Gasteiger partial charge in [-0.25, -0.2) is 28.5 Å². The number of benzene rings is 3. The molecule has 48 heavy (non-hydrogen) atoms. The molecule has 0 bridgehead atoms. The standard InChI is InChI=1S/C35H29F2N5O5S/c1-20-6-7-24(25(36)14-20)19-47-32-5-3-4-27(40-32)22-9-8-21(26(37)15-22)17-31-39-28-11-10-23(34(44)45)16-29(28)42(31)18-30(46-2)33(43)41-35-38-12-13-48-35/h3-16,30H,17-19H2,1-2H3,(H,44,45)(H,38,41,43)/t30-/m1/s1. The first-order valence-electron chi connectivity index (χ1n) is 14.8. The Bertz CT molecular complexity index is 2120. The van der Waals surface area contributed by atoms with E-state index in [9.17, 15) is 19.1 Å². The number of ether oxygens (including phenoxy) is 2. The van der Waals surface area contributed by atoms with Gasteiger partial charge < -0.3 is 19.1 Å². The quantitative estimate of drug-likeness (QED) is 0.148. The molecule has 10 nitrogen and oxygen atoms in total. The lowest BCUT2D eigenvalue weighted by atomic mass is 10.1. The summed E-state index contributed by atoms with van der Waals surface area (Å²) in [4.78, 5) is 38.0. The lowest BCUT2D eigenvalue weighted by molar-refractivity contribution is -0.126. The number of rotatable bonds is 12. The summed E-state index contributed by atoms with van der Waals surface area (Å²) in [6.07, 6.45) is 0.604. The number of aromatic nitrogens is 4. The second kappa shape index (κ2) is 14.1. The number of fused-ring (bicyclic) bond motifs is 1. The van der Waals surface area contributed by atoms with Gasteiger partial charge in [0.1, 0.15) is 24.1 Å². The number of aromatic carboxylic acids is 1. The highest BCUT2D eigenvalue weighted by Crippen LogP contribution is 2.27. The third kappa shape index (κ3) is 7.22. The van der Waals surface area contributed by atoms with Crippen molar-refractivity contribution in [3.8, 4) is 17.1 Å². The van der Waals surface area contributed by atoms with Crippen LogP contribution in [-0.2, 0) is 29.1 Å². The van der Waals surface area contributed by atoms with Gasteiger partial charge in [-0.2, -0.15) is 0 Å². The second-order valence-electron chi connectivity index (χ2n) is 10.9. The molecule has 0 aliphatic rings. The summed E-state index contributed by atoms with van der Waals surface area (Å²) in [7, 11) is 1.39. The van der Waals surface area contributed by atoms with E-state index >= 15 is 4.39 Å². The van der Waals surface area contributed by atoms with Crippen LogP contribution in [0.1, 0.15) is 32.9 Å². The van der Waals surface area contributed by atoms with Crippen LogP contribution < -0.4 is 10.1 Å². The first kappa shape index (κ1) is 32.4. The number of thiazole rings is 1. The van der Waals surface area contributed by atoms with Crippen molar-refractivity contribution in [3.05, 3.63) is 124 Å². The van der Waals surface area contributed by atoms with Crippen molar-refractivity contribution in [1.82, 2.24) is 19.5 Å². The summed E-state index contributed by atoms with van der Waals surface area (Å²) in [5.74, 6) is -1.79. The number of anilines is 1. The maximum atomic E-state index is 15.7. The Labute approximate surface area is 277 Å². The van der Waals surface area contributed by atoms with Gasteiger partial charge in [0.05, 0.1) is 28.8 Å². The van der Waals surface area contributed by atoms with Crippen LogP contribution in [0, 0.1) is 18.6 Å². The van der Waals surface area contributed by atoms with Gasteiger partial charge in [0.25, 0.3) is 5.91 Å². The summed E-state index contributed by atoms with van der Waals surface area (Å²) in [5, 5.41) is 14.4. The molecule has 0 saturated heterocycles. The fourth-order valence-electron chi connectivity index (χ4n) is 5.14. The van der Waals surface area contributed by atoms with E-state index in [4.69, 9.17) is 9.47 Å². The predicted molar refractivity (Wildman–Crippen MR) is 176 cm³/mol. The molecule has 244 valence electrons. The maximum absolute atomic E-state index is 15.7. The molecule has 3 aromatic carbocycles. The average Bonchev–Trinajstić information content (AvgIpc) is 3.71. The number of carboxylic acid groups (broad SMARTS) is 1. The molecule has 3 heterocycles. The number of amides is 1. The molecule has 6 aromatic rings. The van der Waals surface area contributed by atoms with E-state index in [1.54, 1.807) is 71.6 Å². The third-order valence-corrected chi connectivity index (χ3v) is 8.36. The van der Waals surface area contributed by atoms with Crippen molar-refractivity contribution in [3.63, 3.8) is 0 Å². The smallest absolute Gasteiger partial charge is 0.335 e. The molecular formula is C35H29F2N5O5S. The van der Waals surface area contributed by atoms with Crippen molar-refractivity contribution in [2.24, 2.45) is 0 Å². The number of nitrogens with one attached hydrogen (secondary N) is 1. The lowest BCUT2D eigenvalue weighted by Gasteiger charge is -2.18. The minimum absolute atomic E-state index is 0.0126. The fourth-order valence-corrected chi connectivity index (χ4v) is 5.67. The zero-order chi connectivity index (χ0) is 33.8. The molecule has 1 amide bonds. The first-order chi connectivity index (χ1) is 23.2. The van der Waals surface area contributed by atoms with Crippen LogP contribution in [0.2, 0.25) is 0 Å². The van der Waals surface area contributed by atoms with Gasteiger partial charge in [0, 0.05) is 42.3 Å². The van der Waals surface area contributed by atoms with Crippen molar-refractivity contribution in [2.45, 2.75) is 32.6 Å². The van der Waals surface area contributed by atoms with Crippen molar-refractivity contribution < 1.29 is 33.0 Å². The van der Waals surface area contributed by atoms with Crippen LogP contribution in [-0.4, -0.2) is 49.7 Å². The molecule has 6 rings (SSSR count). The fraction of sp³-hybridized carbons (Fsp3) is 0.171.